The smallest absolute Gasteiger partial charge is 0.223 e. The van der Waals surface area contributed by atoms with Gasteiger partial charge in [-0.2, -0.15) is 5.26 Å². The van der Waals surface area contributed by atoms with E-state index in [0.29, 0.717) is 22.9 Å². The molecule has 0 aliphatic rings. The molecule has 1 aromatic carbocycles. The van der Waals surface area contributed by atoms with Crippen LogP contribution in [0.4, 0.5) is 5.95 Å². The molecule has 5 nitrogen and oxygen atoms in total. The Labute approximate surface area is 121 Å². The Bertz CT molecular complexity index is 789. The van der Waals surface area contributed by atoms with Gasteiger partial charge in [-0.05, 0) is 6.07 Å². The molecule has 21 heavy (non-hydrogen) atoms. The average Bonchev–Trinajstić information content (AvgIpc) is 3.08. The van der Waals surface area contributed by atoms with Gasteiger partial charge in [0.2, 0.25) is 5.95 Å². The van der Waals surface area contributed by atoms with E-state index in [1.807, 2.05) is 30.3 Å². The molecule has 0 fully saturated rings. The first kappa shape index (κ1) is 12.9. The molecule has 0 atom stereocenters. The summed E-state index contributed by atoms with van der Waals surface area (Å²) in [5, 5.41) is 12.5. The number of nitrogens with zero attached hydrogens (tertiary/aromatic N) is 3. The SMILES string of the molecule is CNc1nc(-c2ccccc2)c(C#N)c(-c2ccoc2)n1. The normalized spacial score (nSPS) is 10.1. The molecule has 3 aromatic rings. The monoisotopic (exact) mass is 276 g/mol. The molecular weight excluding hydrogens is 264 g/mol. The molecule has 0 saturated heterocycles. The number of furan rings is 1. The first-order valence-corrected chi connectivity index (χ1v) is 6.41. The average molecular weight is 276 g/mol. The molecule has 0 radical (unpaired) electrons. The van der Waals surface area contributed by atoms with E-state index in [9.17, 15) is 5.26 Å². The van der Waals surface area contributed by atoms with Crippen LogP contribution in [0.15, 0.2) is 53.3 Å². The molecule has 102 valence electrons. The van der Waals surface area contributed by atoms with Gasteiger partial charge in [-0.3, -0.25) is 0 Å². The Balaban J connectivity index is 2.30. The first-order valence-electron chi connectivity index (χ1n) is 6.41. The number of hydrogen-bond donors (Lipinski definition) is 1. The fourth-order valence-electron chi connectivity index (χ4n) is 2.09. The largest absolute Gasteiger partial charge is 0.472 e. The lowest BCUT2D eigenvalue weighted by molar-refractivity contribution is 0.568. The lowest BCUT2D eigenvalue weighted by Crippen LogP contribution is -2.03. The minimum Gasteiger partial charge on any atom is -0.472 e. The van der Waals surface area contributed by atoms with Crippen LogP contribution < -0.4 is 5.32 Å². The predicted octanol–water partition coefficient (Wildman–Crippen LogP) is 3.32. The van der Waals surface area contributed by atoms with Crippen molar-refractivity contribution in [1.29, 1.82) is 5.26 Å². The van der Waals surface area contributed by atoms with E-state index in [-0.39, 0.29) is 0 Å². The molecule has 3 rings (SSSR count). The summed E-state index contributed by atoms with van der Waals surface area (Å²) in [7, 11) is 1.75. The van der Waals surface area contributed by atoms with Gasteiger partial charge in [0.05, 0.1) is 23.9 Å². The second kappa shape index (κ2) is 5.47. The summed E-state index contributed by atoms with van der Waals surface area (Å²) in [6, 6.07) is 13.6. The third-order valence-electron chi connectivity index (χ3n) is 3.09. The summed E-state index contributed by atoms with van der Waals surface area (Å²) in [6.45, 7) is 0. The Morgan fingerprint density at radius 1 is 1.05 bits per heavy atom. The van der Waals surface area contributed by atoms with Crippen LogP contribution in [-0.4, -0.2) is 17.0 Å². The van der Waals surface area contributed by atoms with Crippen LogP contribution in [0.25, 0.3) is 22.5 Å². The maximum atomic E-state index is 9.54. The van der Waals surface area contributed by atoms with Crippen LogP contribution >= 0.6 is 0 Å². The molecule has 2 aromatic heterocycles. The van der Waals surface area contributed by atoms with Crippen molar-refractivity contribution in [2.75, 3.05) is 12.4 Å². The van der Waals surface area contributed by atoms with Crippen molar-refractivity contribution >= 4 is 5.95 Å². The van der Waals surface area contributed by atoms with E-state index < -0.39 is 0 Å². The summed E-state index contributed by atoms with van der Waals surface area (Å²) in [6.07, 6.45) is 3.12. The van der Waals surface area contributed by atoms with Gasteiger partial charge in [0, 0.05) is 18.2 Å². The molecule has 0 bridgehead atoms. The topological polar surface area (TPSA) is 74.7 Å². The van der Waals surface area contributed by atoms with Crippen molar-refractivity contribution in [3.63, 3.8) is 0 Å². The van der Waals surface area contributed by atoms with Crippen LogP contribution in [0.2, 0.25) is 0 Å². The van der Waals surface area contributed by atoms with Gasteiger partial charge in [0.15, 0.2) is 0 Å². The van der Waals surface area contributed by atoms with Crippen LogP contribution in [0.5, 0.6) is 0 Å². The maximum Gasteiger partial charge on any atom is 0.223 e. The van der Waals surface area contributed by atoms with Gasteiger partial charge < -0.3 is 9.73 Å². The Morgan fingerprint density at radius 2 is 1.76 bits per heavy atom. The summed E-state index contributed by atoms with van der Waals surface area (Å²) < 4.78 is 5.10. The van der Waals surface area contributed by atoms with Crippen LogP contribution in [0.3, 0.4) is 0 Å². The second-order valence-electron chi connectivity index (χ2n) is 4.36. The zero-order chi connectivity index (χ0) is 14.7. The van der Waals surface area contributed by atoms with Crippen molar-refractivity contribution < 1.29 is 4.42 Å². The summed E-state index contributed by atoms with van der Waals surface area (Å²) in [5.74, 6) is 0.462. The van der Waals surface area contributed by atoms with Gasteiger partial charge in [-0.25, -0.2) is 9.97 Å². The standard InChI is InChI=1S/C16H12N4O/c1-18-16-19-14(11-5-3-2-4-6-11)13(9-17)15(20-16)12-7-8-21-10-12/h2-8,10H,1H3,(H,18,19,20). The van der Waals surface area contributed by atoms with Crippen LogP contribution in [-0.2, 0) is 0 Å². The molecule has 2 heterocycles. The lowest BCUT2D eigenvalue weighted by atomic mass is 10.0. The molecular formula is C16H12N4O. The molecule has 0 aliphatic carbocycles. The van der Waals surface area contributed by atoms with E-state index in [0.717, 1.165) is 11.1 Å². The van der Waals surface area contributed by atoms with Gasteiger partial charge in [0.1, 0.15) is 11.6 Å². The molecule has 0 unspecified atom stereocenters. The fraction of sp³-hybridized carbons (Fsp3) is 0.0625. The molecule has 0 saturated carbocycles. The number of nitrogens with one attached hydrogen (secondary N) is 1. The summed E-state index contributed by atoms with van der Waals surface area (Å²) >= 11 is 0. The highest BCUT2D eigenvalue weighted by Gasteiger charge is 2.17. The minimum atomic E-state index is 0.432. The summed E-state index contributed by atoms with van der Waals surface area (Å²) in [4.78, 5) is 8.81. The molecule has 0 amide bonds. The molecule has 0 spiro atoms. The van der Waals surface area contributed by atoms with Crippen molar-refractivity contribution in [1.82, 2.24) is 9.97 Å². The van der Waals surface area contributed by atoms with Gasteiger partial charge in [-0.1, -0.05) is 30.3 Å². The fourth-order valence-corrected chi connectivity index (χ4v) is 2.09. The van der Waals surface area contributed by atoms with E-state index >= 15 is 0 Å². The highest BCUT2D eigenvalue weighted by atomic mass is 16.3. The number of benzene rings is 1. The summed E-state index contributed by atoms with van der Waals surface area (Å²) in [5.41, 5.74) is 3.22. The molecule has 5 heteroatoms. The van der Waals surface area contributed by atoms with E-state index in [1.165, 1.54) is 0 Å². The number of anilines is 1. The Morgan fingerprint density at radius 3 is 2.33 bits per heavy atom. The van der Waals surface area contributed by atoms with Gasteiger partial charge >= 0.3 is 0 Å². The highest BCUT2D eigenvalue weighted by Crippen LogP contribution is 2.30. The van der Waals surface area contributed by atoms with Crippen molar-refractivity contribution in [3.05, 3.63) is 54.5 Å². The third kappa shape index (κ3) is 2.35. The van der Waals surface area contributed by atoms with E-state index in [4.69, 9.17) is 4.42 Å². The third-order valence-corrected chi connectivity index (χ3v) is 3.09. The minimum absolute atomic E-state index is 0.432. The number of nitriles is 1. The second-order valence-corrected chi connectivity index (χ2v) is 4.36. The quantitative estimate of drug-likeness (QED) is 0.794. The first-order chi connectivity index (χ1) is 10.3. The van der Waals surface area contributed by atoms with E-state index in [1.54, 1.807) is 25.6 Å². The molecule has 0 aliphatic heterocycles. The number of hydrogen-bond acceptors (Lipinski definition) is 5. The maximum absolute atomic E-state index is 9.54. The zero-order valence-corrected chi connectivity index (χ0v) is 11.4. The van der Waals surface area contributed by atoms with Gasteiger partial charge in [-0.15, -0.1) is 0 Å². The van der Waals surface area contributed by atoms with E-state index in [2.05, 4.69) is 21.4 Å². The van der Waals surface area contributed by atoms with Gasteiger partial charge in [0.25, 0.3) is 0 Å². The zero-order valence-electron chi connectivity index (χ0n) is 11.4. The lowest BCUT2D eigenvalue weighted by Gasteiger charge is -2.10. The molecule has 1 N–H and O–H groups in total. The Kier molecular flexibility index (Phi) is 3.36. The highest BCUT2D eigenvalue weighted by molar-refractivity contribution is 5.78. The number of aromatic nitrogens is 2. The number of rotatable bonds is 3. The van der Waals surface area contributed by atoms with Crippen molar-refractivity contribution in [2.45, 2.75) is 0 Å². The predicted molar refractivity (Wildman–Crippen MR) is 79.4 cm³/mol. The van der Waals surface area contributed by atoms with Crippen LogP contribution in [0.1, 0.15) is 5.56 Å². The van der Waals surface area contributed by atoms with Crippen LogP contribution in [0, 0.1) is 11.3 Å². The van der Waals surface area contributed by atoms with Crippen molar-refractivity contribution in [2.24, 2.45) is 0 Å². The van der Waals surface area contributed by atoms with Crippen molar-refractivity contribution in [3.8, 4) is 28.6 Å². The Hall–Kier alpha value is -3.13.